The third kappa shape index (κ3) is 8.13. The van der Waals surface area contributed by atoms with E-state index in [0.717, 1.165) is 23.8 Å². The monoisotopic (exact) mass is 416 g/mol. The fourth-order valence-electron chi connectivity index (χ4n) is 4.74. The van der Waals surface area contributed by atoms with Crippen LogP contribution in [0.1, 0.15) is 119 Å². The summed E-state index contributed by atoms with van der Waals surface area (Å²) < 4.78 is 0. The van der Waals surface area contributed by atoms with Gasteiger partial charge in [-0.2, -0.15) is 0 Å². The summed E-state index contributed by atoms with van der Waals surface area (Å²) in [6, 6.07) is 8.90. The van der Waals surface area contributed by atoms with Crippen LogP contribution in [0, 0.1) is 17.8 Å². The van der Waals surface area contributed by atoms with Gasteiger partial charge in [-0.3, -0.25) is 0 Å². The minimum Gasteiger partial charge on any atom is -0.229 e. The van der Waals surface area contributed by atoms with Crippen LogP contribution >= 0.6 is 0 Å². The van der Waals surface area contributed by atoms with Crippen molar-refractivity contribution in [3.63, 3.8) is 0 Å². The van der Waals surface area contributed by atoms with Crippen LogP contribution in [0.15, 0.2) is 36.7 Å². The zero-order chi connectivity index (χ0) is 21.7. The van der Waals surface area contributed by atoms with Gasteiger partial charge in [0.1, 0.15) is 0 Å². The summed E-state index contributed by atoms with van der Waals surface area (Å²) in [6.07, 6.45) is 21.1. The average Bonchev–Trinajstić information content (AvgIpc) is 2.82. The van der Waals surface area contributed by atoms with Crippen molar-refractivity contribution in [3.8, 4) is 11.8 Å². The number of unbranched alkanes of at least 4 members (excludes halogenated alkanes) is 5. The predicted octanol–water partition coefficient (Wildman–Crippen LogP) is 7.85. The number of aryl methyl sites for hydroxylation is 1. The second-order valence-electron chi connectivity index (χ2n) is 9.31. The van der Waals surface area contributed by atoms with Crippen molar-refractivity contribution in [2.45, 2.75) is 103 Å². The van der Waals surface area contributed by atoms with Gasteiger partial charge < -0.3 is 0 Å². The maximum atomic E-state index is 4.43. The lowest BCUT2D eigenvalue weighted by Gasteiger charge is -2.29. The highest BCUT2D eigenvalue weighted by atomic mass is 14.8. The van der Waals surface area contributed by atoms with Gasteiger partial charge in [-0.1, -0.05) is 76.8 Å². The lowest BCUT2D eigenvalue weighted by Crippen LogP contribution is -2.13. The van der Waals surface area contributed by atoms with Crippen LogP contribution in [0.5, 0.6) is 0 Å². The van der Waals surface area contributed by atoms with Crippen LogP contribution in [-0.4, -0.2) is 9.97 Å². The van der Waals surface area contributed by atoms with E-state index in [1.807, 2.05) is 12.4 Å². The fourth-order valence-corrected chi connectivity index (χ4v) is 4.74. The molecule has 2 nitrogen and oxygen atoms in total. The highest BCUT2D eigenvalue weighted by Crippen LogP contribution is 2.37. The highest BCUT2D eigenvalue weighted by Gasteiger charge is 2.21. The van der Waals surface area contributed by atoms with E-state index in [1.54, 1.807) is 0 Å². The number of hydrogen-bond acceptors (Lipinski definition) is 2. The van der Waals surface area contributed by atoms with Crippen molar-refractivity contribution < 1.29 is 0 Å². The number of benzene rings is 1. The van der Waals surface area contributed by atoms with E-state index in [9.17, 15) is 0 Å². The van der Waals surface area contributed by atoms with Crippen molar-refractivity contribution in [1.82, 2.24) is 9.97 Å². The second-order valence-corrected chi connectivity index (χ2v) is 9.31. The smallest absolute Gasteiger partial charge is 0.205 e. The molecule has 0 saturated heterocycles. The molecule has 0 unspecified atom stereocenters. The van der Waals surface area contributed by atoms with Crippen LogP contribution in [-0.2, 0) is 6.42 Å². The molecule has 0 bridgehead atoms. The van der Waals surface area contributed by atoms with E-state index in [0.29, 0.717) is 5.82 Å². The fraction of sp³-hybridized carbons (Fsp3) is 0.586. The molecule has 1 aromatic heterocycles. The summed E-state index contributed by atoms with van der Waals surface area (Å²) in [4.78, 5) is 8.87. The van der Waals surface area contributed by atoms with Crippen molar-refractivity contribution in [2.75, 3.05) is 0 Å². The molecule has 166 valence electrons. The summed E-state index contributed by atoms with van der Waals surface area (Å²) in [6.45, 7) is 4.54. The zero-order valence-corrected chi connectivity index (χ0v) is 19.7. The first-order valence-corrected chi connectivity index (χ1v) is 12.7. The minimum absolute atomic E-state index is 0.614. The predicted molar refractivity (Wildman–Crippen MR) is 131 cm³/mol. The Morgan fingerprint density at radius 2 is 1.45 bits per heavy atom. The summed E-state index contributed by atoms with van der Waals surface area (Å²) in [7, 11) is 0. The summed E-state index contributed by atoms with van der Waals surface area (Å²) in [5, 5.41) is 0. The molecule has 1 aliphatic rings. The normalized spacial score (nSPS) is 18.4. The van der Waals surface area contributed by atoms with Gasteiger partial charge in [0.15, 0.2) is 0 Å². The first-order chi connectivity index (χ1) is 15.3. The topological polar surface area (TPSA) is 25.8 Å². The third-order valence-corrected chi connectivity index (χ3v) is 6.79. The third-order valence-electron chi connectivity index (χ3n) is 6.79. The van der Waals surface area contributed by atoms with Crippen LogP contribution < -0.4 is 0 Å². The molecule has 1 aliphatic carbocycles. The van der Waals surface area contributed by atoms with Gasteiger partial charge in [0.2, 0.25) is 5.82 Å². The van der Waals surface area contributed by atoms with E-state index in [-0.39, 0.29) is 0 Å². The Labute approximate surface area is 190 Å². The SMILES string of the molecule is CCCCCCc1cnc(C#Cc2ccc([C@H]3CC[C@H](CCCCC)CC3)cc2)nc1. The maximum absolute atomic E-state index is 4.43. The van der Waals surface area contributed by atoms with Gasteiger partial charge >= 0.3 is 0 Å². The number of hydrogen-bond donors (Lipinski definition) is 0. The summed E-state index contributed by atoms with van der Waals surface area (Å²) >= 11 is 0. The Balaban J connectivity index is 1.46. The van der Waals surface area contributed by atoms with Crippen LogP contribution in [0.25, 0.3) is 0 Å². The molecule has 3 rings (SSSR count). The molecule has 1 aromatic carbocycles. The molecule has 0 N–H and O–H groups in total. The molecule has 2 aromatic rings. The molecule has 0 aliphatic heterocycles. The van der Waals surface area contributed by atoms with Crippen molar-refractivity contribution in [3.05, 3.63) is 59.2 Å². The Kier molecular flexibility index (Phi) is 10.1. The number of aromatic nitrogens is 2. The molecule has 1 heterocycles. The van der Waals surface area contributed by atoms with Crippen molar-refractivity contribution in [1.29, 1.82) is 0 Å². The second kappa shape index (κ2) is 13.3. The molecule has 0 radical (unpaired) electrons. The van der Waals surface area contributed by atoms with Gasteiger partial charge in [0.25, 0.3) is 0 Å². The maximum Gasteiger partial charge on any atom is 0.205 e. The molecule has 2 heteroatoms. The van der Waals surface area contributed by atoms with Crippen LogP contribution in [0.4, 0.5) is 0 Å². The van der Waals surface area contributed by atoms with Gasteiger partial charge in [0.05, 0.1) is 0 Å². The molecular weight excluding hydrogens is 376 g/mol. The van der Waals surface area contributed by atoms with Crippen molar-refractivity contribution >= 4 is 0 Å². The summed E-state index contributed by atoms with van der Waals surface area (Å²) in [5.41, 5.74) is 3.75. The first kappa shape index (κ1) is 23.5. The Morgan fingerprint density at radius 1 is 0.774 bits per heavy atom. The molecule has 0 atom stereocenters. The zero-order valence-electron chi connectivity index (χ0n) is 19.7. The Hall–Kier alpha value is -2.14. The van der Waals surface area contributed by atoms with E-state index < -0.39 is 0 Å². The quantitative estimate of drug-likeness (QED) is 0.291. The minimum atomic E-state index is 0.614. The molecule has 31 heavy (non-hydrogen) atoms. The lowest BCUT2D eigenvalue weighted by atomic mass is 9.77. The first-order valence-electron chi connectivity index (χ1n) is 12.7. The summed E-state index contributed by atoms with van der Waals surface area (Å²) in [5.74, 6) is 8.67. The molecule has 1 fully saturated rings. The van der Waals surface area contributed by atoms with Crippen LogP contribution in [0.3, 0.4) is 0 Å². The van der Waals surface area contributed by atoms with Crippen molar-refractivity contribution in [2.24, 2.45) is 5.92 Å². The van der Waals surface area contributed by atoms with Gasteiger partial charge in [0, 0.05) is 18.0 Å². The van der Waals surface area contributed by atoms with E-state index in [2.05, 4.69) is 59.9 Å². The Morgan fingerprint density at radius 3 is 2.13 bits per heavy atom. The van der Waals surface area contributed by atoms with Gasteiger partial charge in [-0.25, -0.2) is 9.97 Å². The van der Waals surface area contributed by atoms with E-state index in [4.69, 9.17) is 0 Å². The van der Waals surface area contributed by atoms with Gasteiger partial charge in [-0.15, -0.1) is 0 Å². The number of rotatable bonds is 10. The molecule has 0 spiro atoms. The lowest BCUT2D eigenvalue weighted by molar-refractivity contribution is 0.303. The van der Waals surface area contributed by atoms with E-state index >= 15 is 0 Å². The van der Waals surface area contributed by atoms with Crippen LogP contribution in [0.2, 0.25) is 0 Å². The average molecular weight is 417 g/mol. The standard InChI is InChI=1S/C29H40N2/c1-3-5-7-9-11-26-22-30-29(31-23-26)21-16-25-14-19-28(20-15-25)27-17-12-24(13-18-27)10-8-6-4-2/h14-15,19-20,22-24,27H,3-13,17-18H2,1-2H3/t24-,27-. The molecule has 1 saturated carbocycles. The molecular formula is C29H40N2. The van der Waals surface area contributed by atoms with Gasteiger partial charge in [-0.05, 0) is 79.5 Å². The highest BCUT2D eigenvalue weighted by molar-refractivity contribution is 5.40. The van der Waals surface area contributed by atoms with E-state index in [1.165, 1.54) is 88.2 Å². The largest absolute Gasteiger partial charge is 0.229 e. The Bertz CT molecular complexity index is 803. The molecule has 0 amide bonds. The number of nitrogens with zero attached hydrogens (tertiary/aromatic N) is 2.